The molecule has 25 heavy (non-hydrogen) atoms. The number of phenols is 2. The first-order valence-corrected chi connectivity index (χ1v) is 8.34. The van der Waals surface area contributed by atoms with E-state index in [1.807, 2.05) is 12.1 Å². The Balaban J connectivity index is 1.64. The second-order valence-corrected chi connectivity index (χ2v) is 6.19. The Bertz CT molecular complexity index is 906. The van der Waals surface area contributed by atoms with Crippen molar-refractivity contribution in [1.29, 1.82) is 0 Å². The Kier molecular flexibility index (Phi) is 5.09. The molecule has 2 N–H and O–H groups in total. The summed E-state index contributed by atoms with van der Waals surface area (Å²) in [7, 11) is 0. The van der Waals surface area contributed by atoms with Crippen molar-refractivity contribution in [3.63, 3.8) is 0 Å². The van der Waals surface area contributed by atoms with E-state index in [2.05, 4.69) is 15.9 Å². The van der Waals surface area contributed by atoms with Gasteiger partial charge in [0.25, 0.3) is 0 Å². The monoisotopic (exact) mass is 402 g/mol. The molecule has 0 amide bonds. The second-order valence-electron chi connectivity index (χ2n) is 5.28. The summed E-state index contributed by atoms with van der Waals surface area (Å²) >= 11 is 3.33. The first-order chi connectivity index (χ1) is 12.1. The molecule has 0 radical (unpaired) electrons. The van der Waals surface area contributed by atoms with Gasteiger partial charge < -0.3 is 19.7 Å². The molecule has 3 aromatic rings. The Hall–Kier alpha value is -2.73. The Morgan fingerprint density at radius 2 is 1.64 bits per heavy atom. The molecule has 0 unspecified atom stereocenters. The summed E-state index contributed by atoms with van der Waals surface area (Å²) in [5.74, 6) is -0.373. The number of aromatic hydroxyl groups is 2. The number of esters is 1. The minimum atomic E-state index is -0.724. The fourth-order valence-corrected chi connectivity index (χ4v) is 2.66. The number of ether oxygens (including phenoxy) is 2. The topological polar surface area (TPSA) is 76.0 Å². The maximum Gasteiger partial charge on any atom is 0.342 e. The van der Waals surface area contributed by atoms with Gasteiger partial charge in [-0.1, -0.05) is 40.2 Å². The number of carbonyl (C=O) groups excluding carboxylic acids is 1. The second kappa shape index (κ2) is 7.44. The molecule has 0 aliphatic carbocycles. The number of fused-ring (bicyclic) bond motifs is 1. The van der Waals surface area contributed by atoms with E-state index in [-0.39, 0.29) is 30.3 Å². The maximum atomic E-state index is 12.2. The first kappa shape index (κ1) is 17.1. The van der Waals surface area contributed by atoms with Crippen LogP contribution in [0.2, 0.25) is 0 Å². The predicted octanol–water partition coefficient (Wildman–Crippen LogP) is 4.25. The van der Waals surface area contributed by atoms with Crippen molar-refractivity contribution in [2.75, 3.05) is 13.2 Å². The molecule has 0 aliphatic heterocycles. The van der Waals surface area contributed by atoms with Crippen molar-refractivity contribution in [2.45, 2.75) is 0 Å². The third kappa shape index (κ3) is 3.85. The van der Waals surface area contributed by atoms with Crippen molar-refractivity contribution in [3.05, 3.63) is 64.6 Å². The van der Waals surface area contributed by atoms with Gasteiger partial charge in [-0.15, -0.1) is 0 Å². The summed E-state index contributed by atoms with van der Waals surface area (Å²) in [6, 6.07) is 15.2. The van der Waals surface area contributed by atoms with Crippen molar-refractivity contribution >= 4 is 32.7 Å². The zero-order valence-electron chi connectivity index (χ0n) is 13.1. The number of phenolic OH excluding ortho intramolecular Hbond substituents is 2. The first-order valence-electron chi connectivity index (χ1n) is 7.55. The third-order valence-electron chi connectivity index (χ3n) is 3.61. The van der Waals surface area contributed by atoms with Crippen molar-refractivity contribution < 1.29 is 24.5 Å². The van der Waals surface area contributed by atoms with Gasteiger partial charge in [0.1, 0.15) is 36.0 Å². The zero-order chi connectivity index (χ0) is 17.8. The van der Waals surface area contributed by atoms with E-state index in [0.29, 0.717) is 16.5 Å². The average molecular weight is 403 g/mol. The van der Waals surface area contributed by atoms with Gasteiger partial charge in [0, 0.05) is 15.2 Å². The highest BCUT2D eigenvalue weighted by Crippen LogP contribution is 2.35. The smallest absolute Gasteiger partial charge is 0.342 e. The minimum absolute atomic E-state index is 0.0158. The van der Waals surface area contributed by atoms with Crippen molar-refractivity contribution in [1.82, 2.24) is 0 Å². The van der Waals surface area contributed by atoms with E-state index >= 15 is 0 Å². The number of benzene rings is 3. The summed E-state index contributed by atoms with van der Waals surface area (Å²) in [6.45, 7) is 0.190. The van der Waals surface area contributed by atoms with Crippen LogP contribution in [0.1, 0.15) is 10.4 Å². The van der Waals surface area contributed by atoms with Crippen LogP contribution in [0.15, 0.2) is 59.1 Å². The van der Waals surface area contributed by atoms with Crippen LogP contribution in [0, 0.1) is 0 Å². The van der Waals surface area contributed by atoms with Crippen molar-refractivity contribution in [3.8, 4) is 17.2 Å². The minimum Gasteiger partial charge on any atom is -0.507 e. The highest BCUT2D eigenvalue weighted by molar-refractivity contribution is 9.10. The molecule has 0 spiro atoms. The number of hydrogen-bond donors (Lipinski definition) is 2. The SMILES string of the molecule is O=C(OCCOc1ccc(Br)cc1)c1cc(O)c2ccccc2c1O. The van der Waals surface area contributed by atoms with Gasteiger partial charge in [0.15, 0.2) is 0 Å². The van der Waals surface area contributed by atoms with Gasteiger partial charge in [-0.25, -0.2) is 4.79 Å². The van der Waals surface area contributed by atoms with Gasteiger partial charge in [-0.3, -0.25) is 0 Å². The van der Waals surface area contributed by atoms with Crippen LogP contribution in [-0.2, 0) is 4.74 Å². The molecular weight excluding hydrogens is 388 g/mol. The quantitative estimate of drug-likeness (QED) is 0.379. The highest BCUT2D eigenvalue weighted by atomic mass is 79.9. The van der Waals surface area contributed by atoms with E-state index in [0.717, 1.165) is 4.47 Å². The standard InChI is InChI=1S/C19H15BrO5/c20-12-5-7-13(8-6-12)24-9-10-25-19(23)16-11-17(21)14-3-1-2-4-15(14)18(16)22/h1-8,11,21-22H,9-10H2. The molecule has 0 aromatic heterocycles. The summed E-state index contributed by atoms with van der Waals surface area (Å²) in [4.78, 5) is 12.2. The molecule has 0 saturated heterocycles. The number of halogens is 1. The lowest BCUT2D eigenvalue weighted by molar-refractivity contribution is 0.0447. The van der Waals surface area contributed by atoms with Crippen LogP contribution in [0.4, 0.5) is 0 Å². The number of carbonyl (C=O) groups is 1. The zero-order valence-corrected chi connectivity index (χ0v) is 14.7. The molecule has 3 rings (SSSR count). The molecular formula is C19H15BrO5. The molecule has 0 fully saturated rings. The lowest BCUT2D eigenvalue weighted by Gasteiger charge is -2.10. The molecule has 3 aromatic carbocycles. The summed E-state index contributed by atoms with van der Waals surface area (Å²) < 4.78 is 11.5. The fourth-order valence-electron chi connectivity index (χ4n) is 2.40. The maximum absolute atomic E-state index is 12.2. The number of hydrogen-bond acceptors (Lipinski definition) is 5. The van der Waals surface area contributed by atoms with Gasteiger partial charge >= 0.3 is 5.97 Å². The fraction of sp³-hybridized carbons (Fsp3) is 0.105. The highest BCUT2D eigenvalue weighted by Gasteiger charge is 2.18. The van der Waals surface area contributed by atoms with Crippen LogP contribution in [0.5, 0.6) is 17.2 Å². The summed E-state index contributed by atoms with van der Waals surface area (Å²) in [5, 5.41) is 21.1. The van der Waals surface area contributed by atoms with E-state index in [9.17, 15) is 15.0 Å². The molecule has 6 heteroatoms. The van der Waals surface area contributed by atoms with E-state index in [1.54, 1.807) is 36.4 Å². The normalized spacial score (nSPS) is 10.6. The average Bonchev–Trinajstić information content (AvgIpc) is 2.63. The van der Waals surface area contributed by atoms with Crippen LogP contribution >= 0.6 is 15.9 Å². The Morgan fingerprint density at radius 3 is 2.36 bits per heavy atom. The molecule has 0 aliphatic rings. The van der Waals surface area contributed by atoms with Crippen molar-refractivity contribution in [2.24, 2.45) is 0 Å². The third-order valence-corrected chi connectivity index (χ3v) is 4.14. The molecule has 0 saturated carbocycles. The predicted molar refractivity (Wildman–Crippen MR) is 97.2 cm³/mol. The van der Waals surface area contributed by atoms with Crippen LogP contribution < -0.4 is 4.74 Å². The molecule has 0 heterocycles. The summed E-state index contributed by atoms with van der Waals surface area (Å²) in [5.41, 5.74) is -0.0835. The van der Waals surface area contributed by atoms with Gasteiger partial charge in [-0.2, -0.15) is 0 Å². The van der Waals surface area contributed by atoms with Gasteiger partial charge in [-0.05, 0) is 30.3 Å². The van der Waals surface area contributed by atoms with E-state index in [1.165, 1.54) is 6.07 Å². The molecule has 5 nitrogen and oxygen atoms in total. The molecule has 0 atom stereocenters. The molecule has 128 valence electrons. The lowest BCUT2D eigenvalue weighted by atomic mass is 10.0. The van der Waals surface area contributed by atoms with E-state index in [4.69, 9.17) is 9.47 Å². The largest absolute Gasteiger partial charge is 0.507 e. The summed E-state index contributed by atoms with van der Waals surface area (Å²) in [6.07, 6.45) is 0. The van der Waals surface area contributed by atoms with Gasteiger partial charge in [0.05, 0.1) is 0 Å². The van der Waals surface area contributed by atoms with Crippen LogP contribution in [0.3, 0.4) is 0 Å². The Morgan fingerprint density at radius 1 is 0.960 bits per heavy atom. The molecule has 0 bridgehead atoms. The van der Waals surface area contributed by atoms with Crippen LogP contribution in [0.25, 0.3) is 10.8 Å². The van der Waals surface area contributed by atoms with Gasteiger partial charge in [0.2, 0.25) is 0 Å². The van der Waals surface area contributed by atoms with Crippen LogP contribution in [-0.4, -0.2) is 29.4 Å². The number of rotatable bonds is 5. The van der Waals surface area contributed by atoms with E-state index < -0.39 is 5.97 Å². The lowest BCUT2D eigenvalue weighted by Crippen LogP contribution is -2.12. The Labute approximate surface area is 152 Å².